The molecule has 0 spiro atoms. The van der Waals surface area contributed by atoms with Crippen LogP contribution in [0.2, 0.25) is 0 Å². The van der Waals surface area contributed by atoms with E-state index in [9.17, 15) is 0 Å². The molecular formula is C43H65P. The Morgan fingerprint density at radius 2 is 0.523 bits per heavy atom. The van der Waals surface area contributed by atoms with Crippen LogP contribution in [0.25, 0.3) is 0 Å². The number of aryl methyl sites for hydroxylation is 1. The molecule has 0 amide bonds. The standard InChI is InChI=1S/C43H65P/c1-24(2)33-20-37(28(9)10)42(38(21-33)29(11)12)44(41-35(26(5)6)18-32(17)19-36(41)27(7)8)43-39(30(13)14)22-34(25(3)4)23-40(43)31(15)16/h18-31H,1-17H3. The Morgan fingerprint density at radius 1 is 0.318 bits per heavy atom. The smallest absolute Gasteiger partial charge is 0.00812 e. The fourth-order valence-electron chi connectivity index (χ4n) is 6.66. The van der Waals surface area contributed by atoms with Gasteiger partial charge in [0.1, 0.15) is 0 Å². The van der Waals surface area contributed by atoms with E-state index in [1.54, 1.807) is 49.3 Å². The Bertz CT molecular complexity index is 1260. The van der Waals surface area contributed by atoms with Gasteiger partial charge >= 0.3 is 0 Å². The topological polar surface area (TPSA) is 0 Å². The van der Waals surface area contributed by atoms with Crippen LogP contribution in [-0.4, -0.2) is 0 Å². The third-order valence-electron chi connectivity index (χ3n) is 9.43. The summed E-state index contributed by atoms with van der Waals surface area (Å²) in [5.41, 5.74) is 13.7. The Balaban J connectivity index is 2.82. The van der Waals surface area contributed by atoms with Crippen molar-refractivity contribution < 1.29 is 0 Å². The Hall–Kier alpha value is -1.91. The molecule has 0 bridgehead atoms. The Morgan fingerprint density at radius 3 is 0.705 bits per heavy atom. The van der Waals surface area contributed by atoms with Crippen LogP contribution >= 0.6 is 7.92 Å². The molecule has 0 fully saturated rings. The number of rotatable bonds is 11. The average Bonchev–Trinajstić information content (AvgIpc) is 2.92. The van der Waals surface area contributed by atoms with Crippen molar-refractivity contribution in [2.24, 2.45) is 0 Å². The predicted octanol–water partition coefficient (Wildman–Crippen LogP) is 12.7. The molecule has 0 aromatic heterocycles. The van der Waals surface area contributed by atoms with Crippen molar-refractivity contribution in [3.8, 4) is 0 Å². The molecule has 3 aromatic carbocycles. The van der Waals surface area contributed by atoms with Crippen LogP contribution in [0.3, 0.4) is 0 Å². The van der Waals surface area contributed by atoms with Crippen molar-refractivity contribution in [2.45, 2.75) is 165 Å². The zero-order valence-corrected chi connectivity index (χ0v) is 32.4. The van der Waals surface area contributed by atoms with Crippen LogP contribution in [0.15, 0.2) is 36.4 Å². The highest BCUT2D eigenvalue weighted by Crippen LogP contribution is 2.48. The molecule has 3 rings (SSSR count). The molecule has 3 aromatic rings. The first-order valence-electron chi connectivity index (χ1n) is 17.7. The minimum atomic E-state index is -0.841. The Kier molecular flexibility index (Phi) is 12.2. The molecule has 0 unspecified atom stereocenters. The monoisotopic (exact) mass is 612 g/mol. The summed E-state index contributed by atoms with van der Waals surface area (Å²) in [6.07, 6.45) is 0. The van der Waals surface area contributed by atoms with Gasteiger partial charge in [-0.3, -0.25) is 0 Å². The van der Waals surface area contributed by atoms with Gasteiger partial charge in [-0.05, 0) is 123 Å². The van der Waals surface area contributed by atoms with E-state index in [-0.39, 0.29) is 0 Å². The predicted molar refractivity (Wildman–Crippen MR) is 203 cm³/mol. The highest BCUT2D eigenvalue weighted by Gasteiger charge is 2.35. The second kappa shape index (κ2) is 14.7. The first kappa shape index (κ1) is 36.6. The molecule has 0 N–H and O–H groups in total. The molecule has 0 atom stereocenters. The fourth-order valence-corrected chi connectivity index (χ4v) is 10.8. The third kappa shape index (κ3) is 7.55. The van der Waals surface area contributed by atoms with E-state index in [1.807, 2.05) is 0 Å². The van der Waals surface area contributed by atoms with Gasteiger partial charge in [-0.1, -0.05) is 153 Å². The average molecular weight is 613 g/mol. The summed E-state index contributed by atoms with van der Waals surface area (Å²) in [5.74, 6) is 3.70. The minimum absolute atomic E-state index is 0.446. The maximum absolute atomic E-state index is 2.59. The summed E-state index contributed by atoms with van der Waals surface area (Å²) >= 11 is 0. The van der Waals surface area contributed by atoms with Crippen LogP contribution in [0.4, 0.5) is 0 Å². The molecule has 0 aliphatic heterocycles. The summed E-state index contributed by atoms with van der Waals surface area (Å²) in [6.45, 7) is 40.8. The van der Waals surface area contributed by atoms with E-state index in [4.69, 9.17) is 0 Å². The summed E-state index contributed by atoms with van der Waals surface area (Å²) in [4.78, 5) is 0. The van der Waals surface area contributed by atoms with Gasteiger partial charge in [0, 0.05) is 0 Å². The highest BCUT2D eigenvalue weighted by atomic mass is 31.1. The van der Waals surface area contributed by atoms with Gasteiger partial charge in [-0.25, -0.2) is 0 Å². The summed E-state index contributed by atoms with van der Waals surface area (Å²) in [6, 6.07) is 15.4. The SMILES string of the molecule is Cc1cc(C(C)C)c(P(c2c(C(C)C)cc(C(C)C)cc2C(C)C)c2c(C(C)C)cc(C(C)C)cc2C(C)C)c(C(C)C)c1. The molecule has 0 nitrogen and oxygen atoms in total. The number of hydrogen-bond donors (Lipinski definition) is 0. The maximum atomic E-state index is 2.59. The molecule has 0 heterocycles. The van der Waals surface area contributed by atoms with E-state index in [0.29, 0.717) is 47.3 Å². The summed E-state index contributed by atoms with van der Waals surface area (Å²) < 4.78 is 0. The molecular weight excluding hydrogens is 547 g/mol. The number of benzene rings is 3. The van der Waals surface area contributed by atoms with E-state index >= 15 is 0 Å². The second-order valence-electron chi connectivity index (χ2n) is 16.0. The first-order valence-corrected chi connectivity index (χ1v) is 19.0. The highest BCUT2D eigenvalue weighted by molar-refractivity contribution is 7.80. The van der Waals surface area contributed by atoms with Gasteiger partial charge in [0.25, 0.3) is 0 Å². The lowest BCUT2D eigenvalue weighted by Crippen LogP contribution is -2.35. The van der Waals surface area contributed by atoms with Gasteiger partial charge in [0.05, 0.1) is 0 Å². The fraction of sp³-hybridized carbons (Fsp3) is 0.581. The van der Waals surface area contributed by atoms with Crippen molar-refractivity contribution >= 4 is 23.8 Å². The van der Waals surface area contributed by atoms with Gasteiger partial charge in [0.2, 0.25) is 0 Å². The molecule has 0 saturated heterocycles. The maximum Gasteiger partial charge on any atom is -0.00812 e. The van der Waals surface area contributed by atoms with Gasteiger partial charge < -0.3 is 0 Å². The van der Waals surface area contributed by atoms with E-state index < -0.39 is 7.92 Å². The lowest BCUT2D eigenvalue weighted by molar-refractivity contribution is 0.811. The lowest BCUT2D eigenvalue weighted by atomic mass is 9.89. The molecule has 1 heteroatoms. The third-order valence-corrected chi connectivity index (χ3v) is 12.3. The van der Waals surface area contributed by atoms with Crippen molar-refractivity contribution in [1.29, 1.82) is 0 Å². The normalized spacial score (nSPS) is 12.7. The van der Waals surface area contributed by atoms with Gasteiger partial charge in [0.15, 0.2) is 0 Å². The van der Waals surface area contributed by atoms with Crippen molar-refractivity contribution in [2.75, 3.05) is 0 Å². The van der Waals surface area contributed by atoms with Crippen LogP contribution in [0, 0.1) is 6.92 Å². The van der Waals surface area contributed by atoms with Gasteiger partial charge in [-0.15, -0.1) is 0 Å². The van der Waals surface area contributed by atoms with E-state index in [2.05, 4.69) is 154 Å². The number of hydrogen-bond acceptors (Lipinski definition) is 0. The molecule has 44 heavy (non-hydrogen) atoms. The Labute approximate surface area is 274 Å². The summed E-state index contributed by atoms with van der Waals surface area (Å²) in [7, 11) is -0.841. The van der Waals surface area contributed by atoms with Crippen LogP contribution in [-0.2, 0) is 0 Å². The molecule has 0 saturated carbocycles. The van der Waals surface area contributed by atoms with Crippen LogP contribution in [0.1, 0.15) is 208 Å². The van der Waals surface area contributed by atoms with Crippen LogP contribution in [0.5, 0.6) is 0 Å². The largest absolute Gasteiger partial charge is 0.0587 e. The summed E-state index contributed by atoms with van der Waals surface area (Å²) in [5, 5.41) is 4.92. The zero-order chi connectivity index (χ0) is 33.4. The van der Waals surface area contributed by atoms with E-state index in [1.165, 1.54) is 16.7 Å². The van der Waals surface area contributed by atoms with Crippen LogP contribution < -0.4 is 15.9 Å². The minimum Gasteiger partial charge on any atom is -0.0587 e. The lowest BCUT2D eigenvalue weighted by Gasteiger charge is -2.37. The van der Waals surface area contributed by atoms with E-state index in [0.717, 1.165) is 0 Å². The molecule has 0 aliphatic rings. The second-order valence-corrected chi connectivity index (χ2v) is 18.0. The molecule has 0 radical (unpaired) electrons. The van der Waals surface area contributed by atoms with Crippen molar-refractivity contribution in [3.05, 3.63) is 86.5 Å². The quantitative estimate of drug-likeness (QED) is 0.189. The molecule has 242 valence electrons. The van der Waals surface area contributed by atoms with Crippen molar-refractivity contribution in [3.63, 3.8) is 0 Å². The molecule has 0 aliphatic carbocycles. The van der Waals surface area contributed by atoms with Crippen molar-refractivity contribution in [1.82, 2.24) is 0 Å². The zero-order valence-electron chi connectivity index (χ0n) is 31.5. The first-order chi connectivity index (χ1) is 20.4. The van der Waals surface area contributed by atoms with Gasteiger partial charge in [-0.2, -0.15) is 0 Å².